The fourth-order valence-corrected chi connectivity index (χ4v) is 4.45. The number of halogens is 2. The number of amides is 1. The molecular weight excluding hydrogens is 447 g/mol. The van der Waals surface area contributed by atoms with Gasteiger partial charge < -0.3 is 14.6 Å². The number of furan rings is 1. The Morgan fingerprint density at radius 1 is 1.25 bits per heavy atom. The van der Waals surface area contributed by atoms with E-state index in [0.717, 1.165) is 60.5 Å². The van der Waals surface area contributed by atoms with Crippen LogP contribution in [0.1, 0.15) is 67.0 Å². The topological polar surface area (TPSA) is 63.3 Å². The number of piperidine rings is 1. The number of aryl methyl sites for hydroxylation is 1. The molecule has 32 heavy (non-hydrogen) atoms. The molecule has 1 aliphatic rings. The van der Waals surface area contributed by atoms with Crippen molar-refractivity contribution in [3.05, 3.63) is 52.0 Å². The second-order valence-corrected chi connectivity index (χ2v) is 9.23. The van der Waals surface area contributed by atoms with Gasteiger partial charge in [-0.1, -0.05) is 32.4 Å². The largest absolute Gasteiger partial charge is 0.460 e. The van der Waals surface area contributed by atoms with E-state index in [2.05, 4.69) is 36.1 Å². The van der Waals surface area contributed by atoms with Crippen LogP contribution in [-0.2, 0) is 6.54 Å². The zero-order valence-corrected chi connectivity index (χ0v) is 20.7. The van der Waals surface area contributed by atoms with E-state index >= 15 is 0 Å². The van der Waals surface area contributed by atoms with Gasteiger partial charge in [-0.25, -0.2) is 0 Å². The van der Waals surface area contributed by atoms with E-state index in [4.69, 9.17) is 16.0 Å². The fraction of sp³-hybridized carbons (Fsp3) is 0.500. The zero-order valence-electron chi connectivity index (χ0n) is 19.2. The third-order valence-electron chi connectivity index (χ3n) is 6.15. The van der Waals surface area contributed by atoms with Crippen molar-refractivity contribution in [1.82, 2.24) is 20.0 Å². The Hall–Kier alpha value is -2.02. The van der Waals surface area contributed by atoms with E-state index in [1.807, 2.05) is 35.9 Å². The number of carbonyl (C=O) groups is 1. The lowest BCUT2D eigenvalue weighted by molar-refractivity contribution is 0.0907. The minimum Gasteiger partial charge on any atom is -0.460 e. The average molecular weight is 479 g/mol. The predicted molar refractivity (Wildman–Crippen MR) is 131 cm³/mol. The van der Waals surface area contributed by atoms with Gasteiger partial charge in [0.25, 0.3) is 5.91 Å². The molecule has 1 amide bonds. The lowest BCUT2D eigenvalue weighted by Gasteiger charge is -2.31. The van der Waals surface area contributed by atoms with Crippen LogP contribution in [0.3, 0.4) is 0 Å². The fourth-order valence-electron chi connectivity index (χ4n) is 4.20. The Morgan fingerprint density at radius 3 is 2.62 bits per heavy atom. The van der Waals surface area contributed by atoms with Gasteiger partial charge in [0, 0.05) is 46.7 Å². The second-order valence-electron chi connectivity index (χ2n) is 8.80. The molecule has 3 heterocycles. The van der Waals surface area contributed by atoms with Crippen molar-refractivity contribution >= 4 is 40.9 Å². The third-order valence-corrected chi connectivity index (χ3v) is 6.37. The van der Waals surface area contributed by atoms with Crippen molar-refractivity contribution in [3.8, 4) is 0 Å². The van der Waals surface area contributed by atoms with Crippen LogP contribution >= 0.6 is 24.0 Å². The van der Waals surface area contributed by atoms with Gasteiger partial charge in [-0.15, -0.1) is 12.4 Å². The summed E-state index contributed by atoms with van der Waals surface area (Å²) in [5.74, 6) is 1.13. The molecule has 0 bridgehead atoms. The van der Waals surface area contributed by atoms with E-state index in [9.17, 15) is 4.79 Å². The lowest BCUT2D eigenvalue weighted by atomic mass is 10.0. The Kier molecular flexibility index (Phi) is 7.91. The molecular formula is C24H32Cl2N4O2. The number of likely N-dealkylation sites (tertiary alicyclic amines) is 1. The van der Waals surface area contributed by atoms with E-state index < -0.39 is 0 Å². The number of nitrogens with zero attached hydrogens (tertiary/aromatic N) is 3. The monoisotopic (exact) mass is 478 g/mol. The molecule has 1 aliphatic heterocycles. The number of hydrogen-bond acceptors (Lipinski definition) is 4. The maximum Gasteiger partial charge on any atom is 0.272 e. The molecule has 3 aromatic rings. The molecule has 0 radical (unpaired) electrons. The number of nitrogens with one attached hydrogen (secondary N) is 1. The highest BCUT2D eigenvalue weighted by Gasteiger charge is 2.22. The summed E-state index contributed by atoms with van der Waals surface area (Å²) in [6.45, 7) is 12.0. The normalized spacial score (nSPS) is 15.3. The smallest absolute Gasteiger partial charge is 0.272 e. The maximum absolute atomic E-state index is 12.8. The molecule has 0 aliphatic carbocycles. The van der Waals surface area contributed by atoms with Crippen molar-refractivity contribution < 1.29 is 9.21 Å². The van der Waals surface area contributed by atoms with Gasteiger partial charge in [0.1, 0.15) is 17.0 Å². The minimum absolute atomic E-state index is 0. The summed E-state index contributed by atoms with van der Waals surface area (Å²) in [4.78, 5) is 15.2. The third kappa shape index (κ3) is 5.30. The number of hydrogen-bond donors (Lipinski definition) is 1. The molecule has 174 valence electrons. The summed E-state index contributed by atoms with van der Waals surface area (Å²) in [6.07, 6.45) is 1.97. The van der Waals surface area contributed by atoms with Crippen LogP contribution in [0.5, 0.6) is 0 Å². The van der Waals surface area contributed by atoms with Crippen LogP contribution in [0.25, 0.3) is 11.0 Å². The van der Waals surface area contributed by atoms with Crippen LogP contribution in [-0.4, -0.2) is 46.3 Å². The Labute approximate surface area is 200 Å². The summed E-state index contributed by atoms with van der Waals surface area (Å²) in [5, 5.41) is 9.41. The van der Waals surface area contributed by atoms with E-state index in [1.165, 1.54) is 0 Å². The summed E-state index contributed by atoms with van der Waals surface area (Å²) in [7, 11) is 0. The van der Waals surface area contributed by atoms with Crippen LogP contribution in [0.15, 0.2) is 28.7 Å². The first-order valence-corrected chi connectivity index (χ1v) is 11.5. The molecule has 0 spiro atoms. The Bertz CT molecular complexity index is 1080. The molecule has 4 rings (SSSR count). The van der Waals surface area contributed by atoms with E-state index in [-0.39, 0.29) is 24.4 Å². The van der Waals surface area contributed by atoms with Crippen molar-refractivity contribution in [2.75, 3.05) is 19.6 Å². The molecule has 0 unspecified atom stereocenters. The minimum atomic E-state index is -0.104. The van der Waals surface area contributed by atoms with Gasteiger partial charge in [0.05, 0.1) is 6.54 Å². The average Bonchev–Trinajstić information content (AvgIpc) is 3.32. The van der Waals surface area contributed by atoms with Crippen molar-refractivity contribution in [2.24, 2.45) is 0 Å². The number of fused-ring (bicyclic) bond motifs is 1. The molecule has 1 aromatic carbocycles. The number of aromatic nitrogens is 2. The Balaban J connectivity index is 0.00000289. The van der Waals surface area contributed by atoms with Crippen molar-refractivity contribution in [3.63, 3.8) is 0 Å². The highest BCUT2D eigenvalue weighted by molar-refractivity contribution is 6.31. The van der Waals surface area contributed by atoms with E-state index in [1.54, 1.807) is 0 Å². The first kappa shape index (κ1) is 24.6. The van der Waals surface area contributed by atoms with Crippen molar-refractivity contribution in [1.29, 1.82) is 0 Å². The Morgan fingerprint density at radius 2 is 1.97 bits per heavy atom. The lowest BCUT2D eigenvalue weighted by Crippen LogP contribution is -2.44. The molecule has 1 N–H and O–H groups in total. The van der Waals surface area contributed by atoms with Gasteiger partial charge in [-0.3, -0.25) is 9.48 Å². The standard InChI is InChI=1S/C24H31ClN4O2.ClH/c1-5-28-8-6-20(7-9-28)26-24(30)21-10-16(4)29(27-21)14-18-12-19(25)11-17-13-22(15(2)3)31-23(17)18;/h10-13,15,20H,5-9,14H2,1-4H3,(H,26,30);1H. The molecule has 0 saturated carbocycles. The van der Waals surface area contributed by atoms with Gasteiger partial charge in [-0.05, 0) is 50.6 Å². The number of rotatable bonds is 6. The summed E-state index contributed by atoms with van der Waals surface area (Å²) >= 11 is 6.36. The van der Waals surface area contributed by atoms with Gasteiger partial charge in [-0.2, -0.15) is 5.10 Å². The summed E-state index contributed by atoms with van der Waals surface area (Å²) < 4.78 is 7.96. The first-order chi connectivity index (χ1) is 14.8. The second kappa shape index (κ2) is 10.3. The predicted octanol–water partition coefficient (Wildman–Crippen LogP) is 5.40. The van der Waals surface area contributed by atoms with Crippen LogP contribution < -0.4 is 5.32 Å². The maximum atomic E-state index is 12.8. The van der Waals surface area contributed by atoms with Gasteiger partial charge >= 0.3 is 0 Å². The highest BCUT2D eigenvalue weighted by Crippen LogP contribution is 2.31. The first-order valence-electron chi connectivity index (χ1n) is 11.1. The van der Waals surface area contributed by atoms with Gasteiger partial charge in [0.15, 0.2) is 0 Å². The molecule has 1 saturated heterocycles. The number of benzene rings is 1. The molecule has 2 aromatic heterocycles. The molecule has 8 heteroatoms. The molecule has 1 fully saturated rings. The quantitative estimate of drug-likeness (QED) is 0.514. The summed E-state index contributed by atoms with van der Waals surface area (Å²) in [5.41, 5.74) is 3.17. The number of carbonyl (C=O) groups excluding carboxylic acids is 1. The van der Waals surface area contributed by atoms with Crippen LogP contribution in [0.2, 0.25) is 5.02 Å². The SMILES string of the molecule is CCN1CCC(NC(=O)c2cc(C)n(Cc3cc(Cl)cc4cc(C(C)C)oc34)n2)CC1.Cl. The van der Waals surface area contributed by atoms with Crippen molar-refractivity contribution in [2.45, 2.75) is 59.0 Å². The molecule has 0 atom stereocenters. The van der Waals surface area contributed by atoms with Crippen LogP contribution in [0.4, 0.5) is 0 Å². The van der Waals surface area contributed by atoms with Crippen LogP contribution in [0, 0.1) is 6.92 Å². The highest BCUT2D eigenvalue weighted by atomic mass is 35.5. The molecule has 6 nitrogen and oxygen atoms in total. The van der Waals surface area contributed by atoms with Gasteiger partial charge in [0.2, 0.25) is 0 Å². The van der Waals surface area contributed by atoms with E-state index in [0.29, 0.717) is 23.2 Å². The summed E-state index contributed by atoms with van der Waals surface area (Å²) in [6, 6.07) is 7.95. The zero-order chi connectivity index (χ0) is 22.1.